The van der Waals surface area contributed by atoms with E-state index >= 15 is 0 Å². The Morgan fingerprint density at radius 1 is 0.865 bits per heavy atom. The van der Waals surface area contributed by atoms with Crippen LogP contribution >= 0.6 is 0 Å². The first-order valence-electron chi connectivity index (χ1n) is 11.3. The van der Waals surface area contributed by atoms with Gasteiger partial charge in [0, 0.05) is 33.1 Å². The number of hydrogen-bond donors (Lipinski definition) is 2. The van der Waals surface area contributed by atoms with E-state index in [0.29, 0.717) is 10.8 Å². The monoisotopic (exact) mass is 517 g/mol. The lowest BCUT2D eigenvalue weighted by atomic mass is 9.96. The molecule has 3 rings (SSSR count). The zero-order chi connectivity index (χ0) is 27.3. The third-order valence-electron chi connectivity index (χ3n) is 5.41. The van der Waals surface area contributed by atoms with Crippen molar-refractivity contribution in [2.75, 3.05) is 6.61 Å². The highest BCUT2D eigenvalue weighted by Gasteiger charge is 2.52. The number of carbonyl (C=O) groups excluding carboxylic acids is 5. The Hall–Kier alpha value is -4.19. The summed E-state index contributed by atoms with van der Waals surface area (Å²) in [6.45, 7) is 4.07. The highest BCUT2D eigenvalue weighted by molar-refractivity contribution is 6.01. The summed E-state index contributed by atoms with van der Waals surface area (Å²) >= 11 is 0. The molecule has 37 heavy (non-hydrogen) atoms. The minimum Gasteiger partial charge on any atom is -0.506 e. The molecular weight excluding hydrogens is 490 g/mol. The van der Waals surface area contributed by atoms with Crippen molar-refractivity contribution in [2.45, 2.75) is 58.3 Å². The zero-order valence-electron chi connectivity index (χ0n) is 20.6. The summed E-state index contributed by atoms with van der Waals surface area (Å²) in [5.74, 6) is -4.17. The van der Waals surface area contributed by atoms with Crippen molar-refractivity contribution >= 4 is 40.6 Å². The first-order valence-corrected chi connectivity index (χ1v) is 11.3. The second-order valence-electron chi connectivity index (χ2n) is 8.31. The molecule has 0 unspecified atom stereocenters. The lowest BCUT2D eigenvalue weighted by molar-refractivity contribution is -0.263. The van der Waals surface area contributed by atoms with Crippen LogP contribution in [0, 0.1) is 0 Å². The molecule has 5 atom stereocenters. The van der Waals surface area contributed by atoms with E-state index in [9.17, 15) is 29.1 Å². The van der Waals surface area contributed by atoms with Crippen molar-refractivity contribution in [3.05, 3.63) is 42.0 Å². The van der Waals surface area contributed by atoms with E-state index in [4.69, 9.17) is 23.7 Å². The van der Waals surface area contributed by atoms with E-state index in [2.05, 4.69) is 5.32 Å². The summed E-state index contributed by atoms with van der Waals surface area (Å²) in [4.78, 5) is 60.3. The third-order valence-corrected chi connectivity index (χ3v) is 5.41. The normalized spacial score (nSPS) is 23.0. The van der Waals surface area contributed by atoms with E-state index in [1.165, 1.54) is 13.0 Å². The highest BCUT2D eigenvalue weighted by atomic mass is 16.7. The van der Waals surface area contributed by atoms with Crippen LogP contribution in [-0.2, 0) is 42.9 Å². The molecule has 0 bridgehead atoms. The van der Waals surface area contributed by atoms with Gasteiger partial charge in [-0.15, -0.1) is 0 Å². The molecule has 0 radical (unpaired) electrons. The molecule has 12 heteroatoms. The van der Waals surface area contributed by atoms with Gasteiger partial charge in [0.05, 0.1) is 0 Å². The highest BCUT2D eigenvalue weighted by Crippen LogP contribution is 2.32. The summed E-state index contributed by atoms with van der Waals surface area (Å²) in [5, 5.41) is 14.3. The minimum atomic E-state index is -1.60. The Kier molecular flexibility index (Phi) is 8.66. The Balaban J connectivity index is 2.00. The van der Waals surface area contributed by atoms with E-state index in [1.54, 1.807) is 30.3 Å². The van der Waals surface area contributed by atoms with Crippen LogP contribution in [0.3, 0.4) is 0 Å². The molecule has 0 aromatic heterocycles. The van der Waals surface area contributed by atoms with E-state index in [-0.39, 0.29) is 11.3 Å². The van der Waals surface area contributed by atoms with Gasteiger partial charge in [0.2, 0.25) is 12.2 Å². The lowest BCUT2D eigenvalue weighted by Crippen LogP contribution is -2.66. The molecule has 0 saturated carbocycles. The minimum absolute atomic E-state index is 0.188. The average molecular weight is 517 g/mol. The largest absolute Gasteiger partial charge is 0.506 e. The third kappa shape index (κ3) is 6.73. The molecule has 1 saturated heterocycles. The number of ether oxygens (including phenoxy) is 5. The molecule has 0 spiro atoms. The summed E-state index contributed by atoms with van der Waals surface area (Å²) in [6.07, 6.45) is -5.56. The quantitative estimate of drug-likeness (QED) is 0.402. The topological polar surface area (TPSA) is 164 Å². The molecular formula is C25H27NO11. The van der Waals surface area contributed by atoms with Gasteiger partial charge in [0.15, 0.2) is 12.2 Å². The average Bonchev–Trinajstić information content (AvgIpc) is 2.81. The summed E-state index contributed by atoms with van der Waals surface area (Å²) in [6, 6.07) is 8.47. The maximum absolute atomic E-state index is 13.1. The van der Waals surface area contributed by atoms with Gasteiger partial charge in [-0.3, -0.25) is 19.2 Å². The Bertz CT molecular complexity index is 1210. The number of benzene rings is 2. The first-order chi connectivity index (χ1) is 17.5. The van der Waals surface area contributed by atoms with Gasteiger partial charge < -0.3 is 34.1 Å². The Morgan fingerprint density at radius 2 is 1.51 bits per heavy atom. The van der Waals surface area contributed by atoms with Gasteiger partial charge in [-0.1, -0.05) is 30.3 Å². The number of phenols is 1. The lowest BCUT2D eigenvalue weighted by Gasteiger charge is -2.44. The van der Waals surface area contributed by atoms with Gasteiger partial charge in [0.25, 0.3) is 0 Å². The number of carbonyl (C=O) groups is 5. The first kappa shape index (κ1) is 27.4. The van der Waals surface area contributed by atoms with Crippen LogP contribution in [0.1, 0.15) is 38.1 Å². The zero-order valence-corrected chi connectivity index (χ0v) is 20.6. The SMILES string of the molecule is CC(=O)N[C@H]1[C@@H](OC(=O)c2ccc3ccccc3c2O)O[C@@H](COC(C)=O)[C@@H](OC(C)=O)[C@H]1OC(C)=O. The number of amides is 1. The number of phenolic OH excluding ortho intramolecular Hbond substituents is 1. The van der Waals surface area contributed by atoms with Gasteiger partial charge in [-0.25, -0.2) is 4.79 Å². The van der Waals surface area contributed by atoms with Gasteiger partial charge in [0.1, 0.15) is 30.1 Å². The number of hydrogen-bond acceptors (Lipinski definition) is 11. The fourth-order valence-corrected chi connectivity index (χ4v) is 3.98. The molecule has 198 valence electrons. The van der Waals surface area contributed by atoms with Crippen molar-refractivity contribution in [3.63, 3.8) is 0 Å². The smallest absolute Gasteiger partial charge is 0.344 e. The fraction of sp³-hybridized carbons (Fsp3) is 0.400. The maximum Gasteiger partial charge on any atom is 0.344 e. The molecule has 1 heterocycles. The number of nitrogens with one attached hydrogen (secondary N) is 1. The number of esters is 4. The van der Waals surface area contributed by atoms with Crippen LogP contribution in [0.5, 0.6) is 5.75 Å². The van der Waals surface area contributed by atoms with Crippen molar-refractivity contribution in [2.24, 2.45) is 0 Å². The predicted molar refractivity (Wildman–Crippen MR) is 125 cm³/mol. The maximum atomic E-state index is 13.1. The molecule has 12 nitrogen and oxygen atoms in total. The van der Waals surface area contributed by atoms with Crippen LogP contribution in [0.4, 0.5) is 0 Å². The molecule has 2 aromatic rings. The van der Waals surface area contributed by atoms with Crippen molar-refractivity contribution < 1.29 is 52.8 Å². The molecule has 2 N–H and O–H groups in total. The van der Waals surface area contributed by atoms with E-state index in [1.807, 2.05) is 0 Å². The van der Waals surface area contributed by atoms with Gasteiger partial charge >= 0.3 is 23.9 Å². The molecule has 1 aliphatic heterocycles. The van der Waals surface area contributed by atoms with E-state index in [0.717, 1.165) is 20.8 Å². The summed E-state index contributed by atoms with van der Waals surface area (Å²) < 4.78 is 27.0. The Morgan fingerprint density at radius 3 is 2.14 bits per heavy atom. The number of aromatic hydroxyl groups is 1. The van der Waals surface area contributed by atoms with Crippen LogP contribution in [-0.4, -0.2) is 72.1 Å². The molecule has 0 aliphatic carbocycles. The van der Waals surface area contributed by atoms with Crippen LogP contribution in [0.2, 0.25) is 0 Å². The Labute approximate surface area is 211 Å². The van der Waals surface area contributed by atoms with Crippen LogP contribution in [0.15, 0.2) is 36.4 Å². The molecule has 1 aliphatic rings. The molecule has 1 fully saturated rings. The fourth-order valence-electron chi connectivity index (χ4n) is 3.98. The van der Waals surface area contributed by atoms with Gasteiger partial charge in [-0.05, 0) is 11.5 Å². The number of rotatable bonds is 7. The van der Waals surface area contributed by atoms with Crippen LogP contribution < -0.4 is 5.32 Å². The second-order valence-corrected chi connectivity index (χ2v) is 8.31. The van der Waals surface area contributed by atoms with Crippen LogP contribution in [0.25, 0.3) is 10.8 Å². The van der Waals surface area contributed by atoms with E-state index < -0.39 is 67.0 Å². The molecule has 1 amide bonds. The summed E-state index contributed by atoms with van der Waals surface area (Å²) in [7, 11) is 0. The number of fused-ring (bicyclic) bond motifs is 1. The summed E-state index contributed by atoms with van der Waals surface area (Å²) in [5.41, 5.74) is -0.188. The standard InChI is InChI=1S/C25H27NO11/c1-12(27)26-20-23(35-15(4)30)22(34-14(3)29)19(11-33-13(2)28)36-25(20)37-24(32)18-10-9-16-7-5-6-8-17(16)21(18)31/h5-10,19-20,22-23,25,31H,11H2,1-4H3,(H,26,27)/t19-,20+,22+,23-,25+/m0/s1. The predicted octanol–water partition coefficient (Wildman–Crippen LogP) is 1.36. The molecule has 2 aromatic carbocycles. The van der Waals surface area contributed by atoms with Crippen molar-refractivity contribution in [3.8, 4) is 5.75 Å². The second kappa shape index (κ2) is 11.7. The van der Waals surface area contributed by atoms with Gasteiger partial charge in [-0.2, -0.15) is 0 Å². The van der Waals surface area contributed by atoms with Crippen molar-refractivity contribution in [1.82, 2.24) is 5.32 Å². The van der Waals surface area contributed by atoms with Crippen molar-refractivity contribution in [1.29, 1.82) is 0 Å².